The third kappa shape index (κ3) is 5.46. The Balaban J connectivity index is 0.000000921. The molecular weight excluding hydrogens is 267 g/mol. The maximum atomic E-state index is 13.7. The summed E-state index contributed by atoms with van der Waals surface area (Å²) in [5.41, 5.74) is 0.997. The fourth-order valence-electron chi connectivity index (χ4n) is 2.09. The Morgan fingerprint density at radius 1 is 1.29 bits per heavy atom. The van der Waals surface area contributed by atoms with Crippen molar-refractivity contribution in [1.29, 1.82) is 0 Å². The summed E-state index contributed by atoms with van der Waals surface area (Å²) >= 11 is 0. The zero-order valence-corrected chi connectivity index (χ0v) is 14.2. The van der Waals surface area contributed by atoms with Gasteiger partial charge in [0.2, 0.25) is 0 Å². The van der Waals surface area contributed by atoms with Gasteiger partial charge in [0.05, 0.1) is 5.56 Å². The fraction of sp³-hybridized carbons (Fsp3) is 0.588. The predicted molar refractivity (Wildman–Crippen MR) is 87.2 cm³/mol. The minimum Gasteiger partial charge on any atom is -0.333 e. The van der Waals surface area contributed by atoms with Gasteiger partial charge in [0.15, 0.2) is 0 Å². The first-order valence-corrected chi connectivity index (χ1v) is 7.87. The SMILES string of the molecule is CC.CC.Cc1ccc(C(=O)N2CCNCC2C)c(F)c1. The van der Waals surface area contributed by atoms with E-state index in [1.807, 2.05) is 41.5 Å². The zero-order chi connectivity index (χ0) is 16.4. The van der Waals surface area contributed by atoms with Gasteiger partial charge < -0.3 is 10.2 Å². The van der Waals surface area contributed by atoms with Crippen LogP contribution in [0.1, 0.15) is 50.5 Å². The fourth-order valence-corrected chi connectivity index (χ4v) is 2.09. The first-order valence-electron chi connectivity index (χ1n) is 7.87. The van der Waals surface area contributed by atoms with E-state index in [4.69, 9.17) is 0 Å². The quantitative estimate of drug-likeness (QED) is 0.858. The van der Waals surface area contributed by atoms with Crippen molar-refractivity contribution in [3.63, 3.8) is 0 Å². The van der Waals surface area contributed by atoms with Crippen LogP contribution >= 0.6 is 0 Å². The van der Waals surface area contributed by atoms with Gasteiger partial charge in [-0.25, -0.2) is 4.39 Å². The van der Waals surface area contributed by atoms with Crippen LogP contribution in [0.3, 0.4) is 0 Å². The minimum absolute atomic E-state index is 0.108. The van der Waals surface area contributed by atoms with Gasteiger partial charge in [-0.15, -0.1) is 0 Å². The van der Waals surface area contributed by atoms with E-state index < -0.39 is 5.82 Å². The molecule has 1 amide bonds. The molecule has 0 radical (unpaired) electrons. The molecule has 1 aliphatic heterocycles. The number of hydrogen-bond donors (Lipinski definition) is 1. The highest BCUT2D eigenvalue weighted by Crippen LogP contribution is 2.15. The van der Waals surface area contributed by atoms with Gasteiger partial charge in [-0.3, -0.25) is 4.79 Å². The van der Waals surface area contributed by atoms with E-state index in [1.54, 1.807) is 17.0 Å². The maximum Gasteiger partial charge on any atom is 0.257 e. The van der Waals surface area contributed by atoms with E-state index in [0.29, 0.717) is 6.54 Å². The second kappa shape index (κ2) is 10.3. The molecule has 1 saturated heterocycles. The monoisotopic (exact) mass is 296 g/mol. The van der Waals surface area contributed by atoms with Crippen LogP contribution in [-0.2, 0) is 0 Å². The number of amides is 1. The lowest BCUT2D eigenvalue weighted by molar-refractivity contribution is 0.0651. The summed E-state index contributed by atoms with van der Waals surface area (Å²) < 4.78 is 13.7. The lowest BCUT2D eigenvalue weighted by Crippen LogP contribution is -2.52. The molecule has 0 aliphatic carbocycles. The summed E-state index contributed by atoms with van der Waals surface area (Å²) in [7, 11) is 0. The summed E-state index contributed by atoms with van der Waals surface area (Å²) in [6, 6.07) is 4.85. The average Bonchev–Trinajstić information content (AvgIpc) is 2.51. The number of carbonyl (C=O) groups excluding carboxylic acids is 1. The van der Waals surface area contributed by atoms with E-state index in [0.717, 1.165) is 18.7 Å². The normalized spacial score (nSPS) is 17.1. The van der Waals surface area contributed by atoms with Gasteiger partial charge in [0.1, 0.15) is 5.82 Å². The molecule has 21 heavy (non-hydrogen) atoms. The van der Waals surface area contributed by atoms with E-state index in [1.165, 1.54) is 6.07 Å². The number of nitrogens with zero attached hydrogens (tertiary/aromatic N) is 1. The van der Waals surface area contributed by atoms with Crippen LogP contribution in [-0.4, -0.2) is 36.5 Å². The number of nitrogens with one attached hydrogen (secondary N) is 1. The second-order valence-corrected chi connectivity index (χ2v) is 4.53. The largest absolute Gasteiger partial charge is 0.333 e. The molecule has 1 fully saturated rings. The number of aryl methyl sites for hydroxylation is 1. The molecule has 0 spiro atoms. The first-order chi connectivity index (χ1) is 10.1. The van der Waals surface area contributed by atoms with Gasteiger partial charge >= 0.3 is 0 Å². The predicted octanol–water partition coefficient (Wildman–Crippen LogP) is 3.62. The van der Waals surface area contributed by atoms with Crippen LogP contribution in [0.25, 0.3) is 0 Å². The maximum absolute atomic E-state index is 13.7. The highest BCUT2D eigenvalue weighted by atomic mass is 19.1. The lowest BCUT2D eigenvalue weighted by Gasteiger charge is -2.34. The molecule has 4 heteroatoms. The Bertz CT molecular complexity index is 435. The summed E-state index contributed by atoms with van der Waals surface area (Å²) in [6.45, 7) is 13.9. The highest BCUT2D eigenvalue weighted by molar-refractivity contribution is 5.94. The molecule has 1 N–H and O–H groups in total. The summed E-state index contributed by atoms with van der Waals surface area (Å²) in [6.07, 6.45) is 0. The Hall–Kier alpha value is -1.42. The van der Waals surface area contributed by atoms with Crippen LogP contribution in [0.2, 0.25) is 0 Å². The number of hydrogen-bond acceptors (Lipinski definition) is 2. The van der Waals surface area contributed by atoms with Crippen LogP contribution < -0.4 is 5.32 Å². The third-order valence-corrected chi connectivity index (χ3v) is 3.12. The van der Waals surface area contributed by atoms with Crippen molar-refractivity contribution in [3.05, 3.63) is 35.1 Å². The number of rotatable bonds is 1. The third-order valence-electron chi connectivity index (χ3n) is 3.12. The van der Waals surface area contributed by atoms with E-state index >= 15 is 0 Å². The van der Waals surface area contributed by atoms with E-state index in [9.17, 15) is 9.18 Å². The number of carbonyl (C=O) groups is 1. The molecule has 0 saturated carbocycles. The van der Waals surface area contributed by atoms with Crippen molar-refractivity contribution in [1.82, 2.24) is 10.2 Å². The van der Waals surface area contributed by atoms with Crippen molar-refractivity contribution in [2.24, 2.45) is 0 Å². The second-order valence-electron chi connectivity index (χ2n) is 4.53. The minimum atomic E-state index is -0.430. The van der Waals surface area contributed by atoms with Gasteiger partial charge in [-0.2, -0.15) is 0 Å². The van der Waals surface area contributed by atoms with Crippen molar-refractivity contribution < 1.29 is 9.18 Å². The van der Waals surface area contributed by atoms with Crippen LogP contribution in [0.4, 0.5) is 4.39 Å². The Kier molecular flexibility index (Phi) is 9.63. The molecule has 1 unspecified atom stereocenters. The number of benzene rings is 1. The molecule has 1 heterocycles. The number of piperazine rings is 1. The summed E-state index contributed by atoms with van der Waals surface area (Å²) in [5.74, 6) is -0.641. The van der Waals surface area contributed by atoms with Crippen molar-refractivity contribution in [2.75, 3.05) is 19.6 Å². The standard InChI is InChI=1S/C13H17FN2O.2C2H6/c1-9-3-4-11(12(14)7-9)13(17)16-6-5-15-8-10(16)2;2*1-2/h3-4,7,10,15H,5-6,8H2,1-2H3;2*1-2H3. The zero-order valence-electron chi connectivity index (χ0n) is 14.2. The molecule has 120 valence electrons. The summed E-state index contributed by atoms with van der Waals surface area (Å²) in [4.78, 5) is 13.9. The van der Waals surface area contributed by atoms with Gasteiger partial charge in [-0.1, -0.05) is 33.8 Å². The first kappa shape index (κ1) is 19.6. The molecule has 1 aliphatic rings. The molecule has 3 nitrogen and oxygen atoms in total. The van der Waals surface area contributed by atoms with Crippen molar-refractivity contribution in [2.45, 2.75) is 47.6 Å². The molecule has 0 aromatic heterocycles. The Morgan fingerprint density at radius 2 is 1.90 bits per heavy atom. The van der Waals surface area contributed by atoms with E-state index in [2.05, 4.69) is 5.32 Å². The smallest absolute Gasteiger partial charge is 0.257 e. The lowest BCUT2D eigenvalue weighted by atomic mass is 10.1. The molecule has 2 rings (SSSR count). The molecule has 1 aromatic carbocycles. The summed E-state index contributed by atoms with van der Waals surface area (Å²) in [5, 5.41) is 3.21. The van der Waals surface area contributed by atoms with Crippen LogP contribution in [0, 0.1) is 12.7 Å². The molecule has 1 aromatic rings. The van der Waals surface area contributed by atoms with Gasteiger partial charge in [-0.05, 0) is 31.5 Å². The van der Waals surface area contributed by atoms with Crippen LogP contribution in [0.5, 0.6) is 0 Å². The molecule has 1 atom stereocenters. The topological polar surface area (TPSA) is 32.3 Å². The van der Waals surface area contributed by atoms with Crippen molar-refractivity contribution >= 4 is 5.91 Å². The van der Waals surface area contributed by atoms with Crippen molar-refractivity contribution in [3.8, 4) is 0 Å². The number of halogens is 1. The average molecular weight is 296 g/mol. The van der Waals surface area contributed by atoms with Gasteiger partial charge in [0, 0.05) is 25.7 Å². The Labute approximate surface area is 128 Å². The molecule has 0 bridgehead atoms. The van der Waals surface area contributed by atoms with E-state index in [-0.39, 0.29) is 17.5 Å². The van der Waals surface area contributed by atoms with Crippen LogP contribution in [0.15, 0.2) is 18.2 Å². The van der Waals surface area contributed by atoms with Gasteiger partial charge in [0.25, 0.3) is 5.91 Å². The highest BCUT2D eigenvalue weighted by Gasteiger charge is 2.25. The Morgan fingerprint density at radius 3 is 2.43 bits per heavy atom. The molecular formula is C17H29FN2O.